The SMILES string of the molecule is CCCCCCCC(C)NCc1ccc(F)c(Cl)c1. The van der Waals surface area contributed by atoms with E-state index in [0.717, 1.165) is 12.1 Å². The Morgan fingerprint density at radius 3 is 2.63 bits per heavy atom. The topological polar surface area (TPSA) is 12.0 Å². The van der Waals surface area contributed by atoms with Crippen molar-refractivity contribution in [3.05, 3.63) is 34.6 Å². The van der Waals surface area contributed by atoms with E-state index in [4.69, 9.17) is 11.6 Å². The third-order valence-corrected chi connectivity index (χ3v) is 3.67. The van der Waals surface area contributed by atoms with Gasteiger partial charge in [-0.1, -0.05) is 56.7 Å². The number of hydrogen-bond donors (Lipinski definition) is 1. The van der Waals surface area contributed by atoms with Gasteiger partial charge in [-0.3, -0.25) is 0 Å². The van der Waals surface area contributed by atoms with Gasteiger partial charge in [0.2, 0.25) is 0 Å². The van der Waals surface area contributed by atoms with Gasteiger partial charge in [-0.05, 0) is 31.0 Å². The van der Waals surface area contributed by atoms with Gasteiger partial charge in [0.25, 0.3) is 0 Å². The minimum absolute atomic E-state index is 0.200. The molecule has 108 valence electrons. The summed E-state index contributed by atoms with van der Waals surface area (Å²) in [4.78, 5) is 0. The van der Waals surface area contributed by atoms with E-state index in [9.17, 15) is 4.39 Å². The van der Waals surface area contributed by atoms with Crippen LogP contribution in [0.5, 0.6) is 0 Å². The van der Waals surface area contributed by atoms with Gasteiger partial charge in [-0.15, -0.1) is 0 Å². The maximum atomic E-state index is 13.0. The Kier molecular flexibility index (Phi) is 8.08. The molecule has 1 N–H and O–H groups in total. The molecule has 1 unspecified atom stereocenters. The van der Waals surface area contributed by atoms with Crippen LogP contribution in [0.1, 0.15) is 57.9 Å². The summed E-state index contributed by atoms with van der Waals surface area (Å²) in [6.45, 7) is 5.18. The molecule has 0 amide bonds. The minimum Gasteiger partial charge on any atom is -0.310 e. The first kappa shape index (κ1) is 16.5. The zero-order chi connectivity index (χ0) is 14.1. The maximum absolute atomic E-state index is 13.0. The van der Waals surface area contributed by atoms with Gasteiger partial charge in [-0.2, -0.15) is 0 Å². The first-order chi connectivity index (χ1) is 9.13. The summed E-state index contributed by atoms with van der Waals surface area (Å²) >= 11 is 5.76. The van der Waals surface area contributed by atoms with Crippen LogP contribution in [0.2, 0.25) is 5.02 Å². The van der Waals surface area contributed by atoms with Crippen molar-refractivity contribution in [1.82, 2.24) is 5.32 Å². The second-order valence-electron chi connectivity index (χ2n) is 5.23. The van der Waals surface area contributed by atoms with Gasteiger partial charge in [0.15, 0.2) is 0 Å². The number of nitrogens with one attached hydrogen (secondary N) is 1. The van der Waals surface area contributed by atoms with Gasteiger partial charge in [-0.25, -0.2) is 4.39 Å². The van der Waals surface area contributed by atoms with Crippen molar-refractivity contribution in [3.63, 3.8) is 0 Å². The normalized spacial score (nSPS) is 12.6. The molecular formula is C16H25ClFN. The molecule has 3 heteroatoms. The van der Waals surface area contributed by atoms with Crippen molar-refractivity contribution in [2.75, 3.05) is 0 Å². The monoisotopic (exact) mass is 285 g/mol. The molecule has 1 nitrogen and oxygen atoms in total. The molecule has 0 saturated heterocycles. The predicted octanol–water partition coefficient (Wildman–Crippen LogP) is 5.32. The maximum Gasteiger partial charge on any atom is 0.141 e. The summed E-state index contributed by atoms with van der Waals surface area (Å²) < 4.78 is 13.0. The number of hydrogen-bond acceptors (Lipinski definition) is 1. The molecule has 0 radical (unpaired) electrons. The van der Waals surface area contributed by atoms with Crippen LogP contribution in [0.3, 0.4) is 0 Å². The molecule has 1 rings (SSSR count). The highest BCUT2D eigenvalue weighted by atomic mass is 35.5. The van der Waals surface area contributed by atoms with Crippen LogP contribution in [0, 0.1) is 5.82 Å². The summed E-state index contributed by atoms with van der Waals surface area (Å²) in [7, 11) is 0. The fraction of sp³-hybridized carbons (Fsp3) is 0.625. The van der Waals surface area contributed by atoms with Crippen LogP contribution < -0.4 is 5.32 Å². The van der Waals surface area contributed by atoms with Crippen LogP contribution in [-0.2, 0) is 6.54 Å². The Hall–Kier alpha value is -0.600. The molecule has 19 heavy (non-hydrogen) atoms. The Labute approximate surface area is 121 Å². The highest BCUT2D eigenvalue weighted by Crippen LogP contribution is 2.16. The smallest absolute Gasteiger partial charge is 0.141 e. The molecule has 0 fully saturated rings. The summed E-state index contributed by atoms with van der Waals surface area (Å²) in [5.74, 6) is -0.352. The molecule has 1 aromatic carbocycles. The molecule has 0 saturated carbocycles. The third kappa shape index (κ3) is 6.93. The zero-order valence-electron chi connectivity index (χ0n) is 12.0. The molecule has 0 heterocycles. The van der Waals surface area contributed by atoms with E-state index in [0.29, 0.717) is 6.04 Å². The number of benzene rings is 1. The molecule has 0 aliphatic carbocycles. The van der Waals surface area contributed by atoms with Crippen molar-refractivity contribution in [1.29, 1.82) is 0 Å². The highest BCUT2D eigenvalue weighted by molar-refractivity contribution is 6.30. The second-order valence-corrected chi connectivity index (χ2v) is 5.64. The van der Waals surface area contributed by atoms with Gasteiger partial charge >= 0.3 is 0 Å². The Bertz CT molecular complexity index is 368. The Morgan fingerprint density at radius 2 is 1.95 bits per heavy atom. The van der Waals surface area contributed by atoms with Gasteiger partial charge in [0, 0.05) is 12.6 Å². The lowest BCUT2D eigenvalue weighted by atomic mass is 10.1. The summed E-state index contributed by atoms with van der Waals surface area (Å²) in [5, 5.41) is 3.66. The first-order valence-electron chi connectivity index (χ1n) is 7.30. The van der Waals surface area contributed by atoms with Crippen LogP contribution in [0.15, 0.2) is 18.2 Å². The molecule has 0 bridgehead atoms. The lowest BCUT2D eigenvalue weighted by Crippen LogP contribution is -2.25. The van der Waals surface area contributed by atoms with Gasteiger partial charge in [0.1, 0.15) is 5.82 Å². The van der Waals surface area contributed by atoms with E-state index in [-0.39, 0.29) is 10.8 Å². The van der Waals surface area contributed by atoms with Crippen molar-refractivity contribution < 1.29 is 4.39 Å². The molecule has 0 aliphatic heterocycles. The molecular weight excluding hydrogens is 261 g/mol. The van der Waals surface area contributed by atoms with E-state index in [2.05, 4.69) is 19.2 Å². The molecule has 0 spiro atoms. The van der Waals surface area contributed by atoms with Gasteiger partial charge < -0.3 is 5.32 Å². The Morgan fingerprint density at radius 1 is 1.21 bits per heavy atom. The highest BCUT2D eigenvalue weighted by Gasteiger charge is 2.04. The average molecular weight is 286 g/mol. The predicted molar refractivity (Wildman–Crippen MR) is 81.1 cm³/mol. The van der Waals surface area contributed by atoms with Crippen LogP contribution >= 0.6 is 11.6 Å². The van der Waals surface area contributed by atoms with Crippen LogP contribution in [-0.4, -0.2) is 6.04 Å². The Balaban J connectivity index is 2.18. The van der Waals surface area contributed by atoms with Crippen molar-refractivity contribution in [2.45, 2.75) is 65.0 Å². The van der Waals surface area contributed by atoms with Crippen molar-refractivity contribution >= 4 is 11.6 Å². The number of halogens is 2. The quantitative estimate of drug-likeness (QED) is 0.606. The van der Waals surface area contributed by atoms with Gasteiger partial charge in [0.05, 0.1) is 5.02 Å². The van der Waals surface area contributed by atoms with Crippen molar-refractivity contribution in [3.8, 4) is 0 Å². The summed E-state index contributed by atoms with van der Waals surface area (Å²) in [5.41, 5.74) is 1.03. The van der Waals surface area contributed by atoms with E-state index in [1.54, 1.807) is 12.1 Å². The van der Waals surface area contributed by atoms with E-state index >= 15 is 0 Å². The first-order valence-corrected chi connectivity index (χ1v) is 7.68. The molecule has 0 aromatic heterocycles. The standard InChI is InChI=1S/C16H25ClFN/c1-3-4-5-6-7-8-13(2)19-12-14-9-10-16(18)15(17)11-14/h9-11,13,19H,3-8,12H2,1-2H3. The van der Waals surface area contributed by atoms with Crippen LogP contribution in [0.4, 0.5) is 4.39 Å². The van der Waals surface area contributed by atoms with E-state index < -0.39 is 0 Å². The lowest BCUT2D eigenvalue weighted by Gasteiger charge is -2.14. The largest absolute Gasteiger partial charge is 0.310 e. The minimum atomic E-state index is -0.352. The molecule has 1 aromatic rings. The number of unbranched alkanes of at least 4 members (excludes halogenated alkanes) is 4. The molecule has 1 atom stereocenters. The van der Waals surface area contributed by atoms with E-state index in [1.165, 1.54) is 44.6 Å². The van der Waals surface area contributed by atoms with Crippen LogP contribution in [0.25, 0.3) is 0 Å². The summed E-state index contributed by atoms with van der Waals surface area (Å²) in [6, 6.07) is 5.39. The second kappa shape index (κ2) is 9.33. The summed E-state index contributed by atoms with van der Waals surface area (Å²) in [6.07, 6.45) is 7.77. The fourth-order valence-electron chi connectivity index (χ4n) is 2.10. The zero-order valence-corrected chi connectivity index (χ0v) is 12.8. The average Bonchev–Trinajstić information content (AvgIpc) is 2.40. The third-order valence-electron chi connectivity index (χ3n) is 3.38. The number of rotatable bonds is 9. The fourth-order valence-corrected chi connectivity index (χ4v) is 2.30. The lowest BCUT2D eigenvalue weighted by molar-refractivity contribution is 0.479. The van der Waals surface area contributed by atoms with Crippen molar-refractivity contribution in [2.24, 2.45) is 0 Å². The van der Waals surface area contributed by atoms with E-state index in [1.807, 2.05) is 0 Å². The molecule has 0 aliphatic rings.